The van der Waals surface area contributed by atoms with Gasteiger partial charge in [0.25, 0.3) is 0 Å². The zero-order chi connectivity index (χ0) is 16.3. The van der Waals surface area contributed by atoms with Crippen LogP contribution in [0.15, 0.2) is 54.6 Å². The topological polar surface area (TPSA) is 55.8 Å². The SMILES string of the molecule is O=C(O)Cc1ccccc1OCCCCCOc1ccccc1. The van der Waals surface area contributed by atoms with Crippen LogP contribution >= 0.6 is 0 Å². The number of ether oxygens (including phenoxy) is 2. The molecule has 0 spiro atoms. The third-order valence-corrected chi connectivity index (χ3v) is 3.37. The van der Waals surface area contributed by atoms with E-state index in [-0.39, 0.29) is 6.42 Å². The monoisotopic (exact) mass is 314 g/mol. The first kappa shape index (κ1) is 16.9. The lowest BCUT2D eigenvalue weighted by atomic mass is 10.1. The Hall–Kier alpha value is -2.49. The molecule has 2 rings (SSSR count). The average molecular weight is 314 g/mol. The van der Waals surface area contributed by atoms with Crippen molar-refractivity contribution in [1.29, 1.82) is 0 Å². The maximum absolute atomic E-state index is 10.8. The standard InChI is InChI=1S/C19H22O4/c20-19(21)15-16-9-5-6-12-18(16)23-14-8-2-7-13-22-17-10-3-1-4-11-17/h1,3-6,9-12H,2,7-8,13-15H2,(H,20,21). The summed E-state index contributed by atoms with van der Waals surface area (Å²) in [6, 6.07) is 17.1. The van der Waals surface area contributed by atoms with Gasteiger partial charge in [0.2, 0.25) is 0 Å². The van der Waals surface area contributed by atoms with E-state index in [1.54, 1.807) is 6.07 Å². The maximum atomic E-state index is 10.8. The fourth-order valence-electron chi connectivity index (χ4n) is 2.22. The minimum Gasteiger partial charge on any atom is -0.494 e. The second kappa shape index (κ2) is 9.51. The molecule has 122 valence electrons. The van der Waals surface area contributed by atoms with Gasteiger partial charge >= 0.3 is 5.97 Å². The number of aliphatic carboxylic acids is 1. The minimum absolute atomic E-state index is 0.0128. The van der Waals surface area contributed by atoms with Crippen molar-refractivity contribution in [3.05, 3.63) is 60.2 Å². The molecule has 2 aromatic rings. The van der Waals surface area contributed by atoms with Crippen LogP contribution < -0.4 is 9.47 Å². The highest BCUT2D eigenvalue weighted by atomic mass is 16.5. The predicted molar refractivity (Wildman–Crippen MR) is 89.1 cm³/mol. The Morgan fingerprint density at radius 2 is 1.48 bits per heavy atom. The van der Waals surface area contributed by atoms with Crippen LogP contribution in [0.25, 0.3) is 0 Å². The lowest BCUT2D eigenvalue weighted by Crippen LogP contribution is -2.05. The van der Waals surface area contributed by atoms with E-state index in [4.69, 9.17) is 14.6 Å². The Kier molecular flexibility index (Phi) is 6.98. The highest BCUT2D eigenvalue weighted by Crippen LogP contribution is 2.19. The van der Waals surface area contributed by atoms with E-state index in [2.05, 4.69) is 0 Å². The zero-order valence-corrected chi connectivity index (χ0v) is 13.1. The molecule has 23 heavy (non-hydrogen) atoms. The number of carboxylic acid groups (broad SMARTS) is 1. The number of carboxylic acids is 1. The minimum atomic E-state index is -0.848. The van der Waals surface area contributed by atoms with Crippen LogP contribution in [0.3, 0.4) is 0 Å². The van der Waals surface area contributed by atoms with Crippen LogP contribution in [0.2, 0.25) is 0 Å². The van der Waals surface area contributed by atoms with Crippen molar-refractivity contribution < 1.29 is 19.4 Å². The number of benzene rings is 2. The fourth-order valence-corrected chi connectivity index (χ4v) is 2.22. The summed E-state index contributed by atoms with van der Waals surface area (Å²) in [4.78, 5) is 10.8. The van der Waals surface area contributed by atoms with Crippen LogP contribution in [-0.4, -0.2) is 24.3 Å². The molecule has 0 aromatic heterocycles. The smallest absolute Gasteiger partial charge is 0.307 e. The van der Waals surface area contributed by atoms with Crippen molar-refractivity contribution in [2.24, 2.45) is 0 Å². The fraction of sp³-hybridized carbons (Fsp3) is 0.316. The molecular weight excluding hydrogens is 292 g/mol. The largest absolute Gasteiger partial charge is 0.494 e. The summed E-state index contributed by atoms with van der Waals surface area (Å²) in [6.07, 6.45) is 2.88. The van der Waals surface area contributed by atoms with Gasteiger partial charge in [-0.3, -0.25) is 4.79 Å². The van der Waals surface area contributed by atoms with E-state index in [1.807, 2.05) is 48.5 Å². The second-order valence-corrected chi connectivity index (χ2v) is 5.25. The van der Waals surface area contributed by atoms with E-state index in [1.165, 1.54) is 0 Å². The molecule has 0 bridgehead atoms. The molecule has 0 aliphatic rings. The van der Waals surface area contributed by atoms with Gasteiger partial charge in [-0.25, -0.2) is 0 Å². The molecule has 4 nitrogen and oxygen atoms in total. The van der Waals surface area contributed by atoms with Gasteiger partial charge in [-0.1, -0.05) is 36.4 Å². The number of rotatable bonds is 10. The summed E-state index contributed by atoms with van der Waals surface area (Å²) in [7, 11) is 0. The molecule has 0 saturated heterocycles. The Morgan fingerprint density at radius 3 is 2.22 bits per heavy atom. The number of hydrogen-bond acceptors (Lipinski definition) is 3. The molecular formula is C19H22O4. The quantitative estimate of drug-likeness (QED) is 0.675. The van der Waals surface area contributed by atoms with Crippen LogP contribution in [0, 0.1) is 0 Å². The lowest BCUT2D eigenvalue weighted by Gasteiger charge is -2.10. The van der Waals surface area contributed by atoms with Crippen LogP contribution in [0.4, 0.5) is 0 Å². The van der Waals surface area contributed by atoms with Crippen molar-refractivity contribution in [3.8, 4) is 11.5 Å². The van der Waals surface area contributed by atoms with E-state index in [0.29, 0.717) is 24.5 Å². The van der Waals surface area contributed by atoms with Crippen LogP contribution in [-0.2, 0) is 11.2 Å². The predicted octanol–water partition coefficient (Wildman–Crippen LogP) is 3.94. The van der Waals surface area contributed by atoms with Crippen LogP contribution in [0.5, 0.6) is 11.5 Å². The molecule has 0 fully saturated rings. The third kappa shape index (κ3) is 6.43. The number of para-hydroxylation sites is 2. The lowest BCUT2D eigenvalue weighted by molar-refractivity contribution is -0.136. The van der Waals surface area contributed by atoms with Crippen LogP contribution in [0.1, 0.15) is 24.8 Å². The molecule has 0 radical (unpaired) electrons. The van der Waals surface area contributed by atoms with Gasteiger partial charge in [0.05, 0.1) is 19.6 Å². The Bertz CT molecular complexity index is 595. The number of unbranched alkanes of at least 4 members (excludes halogenated alkanes) is 2. The summed E-state index contributed by atoms with van der Waals surface area (Å²) in [5.41, 5.74) is 0.715. The summed E-state index contributed by atoms with van der Waals surface area (Å²) in [5.74, 6) is 0.709. The average Bonchev–Trinajstić information content (AvgIpc) is 2.56. The van der Waals surface area contributed by atoms with Gasteiger partial charge in [0.1, 0.15) is 11.5 Å². The Labute approximate surface area is 136 Å². The van der Waals surface area contributed by atoms with E-state index < -0.39 is 5.97 Å². The van der Waals surface area contributed by atoms with Crippen molar-refractivity contribution >= 4 is 5.97 Å². The van der Waals surface area contributed by atoms with Gasteiger partial charge in [0, 0.05) is 5.56 Å². The molecule has 0 heterocycles. The summed E-state index contributed by atoms with van der Waals surface area (Å²) >= 11 is 0. The van der Waals surface area contributed by atoms with Crippen molar-refractivity contribution in [2.75, 3.05) is 13.2 Å². The molecule has 0 atom stereocenters. The second-order valence-electron chi connectivity index (χ2n) is 5.25. The molecule has 0 aliphatic heterocycles. The molecule has 4 heteroatoms. The van der Waals surface area contributed by atoms with Gasteiger partial charge in [-0.2, -0.15) is 0 Å². The molecule has 0 amide bonds. The number of hydrogen-bond donors (Lipinski definition) is 1. The molecule has 0 saturated carbocycles. The number of carbonyl (C=O) groups is 1. The Morgan fingerprint density at radius 1 is 0.826 bits per heavy atom. The van der Waals surface area contributed by atoms with Gasteiger partial charge < -0.3 is 14.6 Å². The highest BCUT2D eigenvalue weighted by Gasteiger charge is 2.06. The highest BCUT2D eigenvalue weighted by molar-refractivity contribution is 5.71. The normalized spacial score (nSPS) is 10.3. The summed E-state index contributed by atoms with van der Waals surface area (Å²) in [6.45, 7) is 1.28. The van der Waals surface area contributed by atoms with Gasteiger partial charge in [0.15, 0.2) is 0 Å². The van der Waals surface area contributed by atoms with Crippen molar-refractivity contribution in [2.45, 2.75) is 25.7 Å². The Balaban J connectivity index is 1.61. The summed E-state index contributed by atoms with van der Waals surface area (Å²) in [5, 5.41) is 8.88. The molecule has 0 unspecified atom stereocenters. The van der Waals surface area contributed by atoms with Gasteiger partial charge in [-0.15, -0.1) is 0 Å². The molecule has 1 N–H and O–H groups in total. The maximum Gasteiger partial charge on any atom is 0.307 e. The van der Waals surface area contributed by atoms with Crippen molar-refractivity contribution in [1.82, 2.24) is 0 Å². The zero-order valence-electron chi connectivity index (χ0n) is 13.1. The van der Waals surface area contributed by atoms with E-state index in [9.17, 15) is 4.79 Å². The molecule has 2 aromatic carbocycles. The summed E-state index contributed by atoms with van der Waals surface area (Å²) < 4.78 is 11.3. The first-order chi connectivity index (χ1) is 11.3. The first-order valence-corrected chi connectivity index (χ1v) is 7.86. The molecule has 0 aliphatic carbocycles. The third-order valence-electron chi connectivity index (χ3n) is 3.37. The van der Waals surface area contributed by atoms with Gasteiger partial charge in [-0.05, 0) is 37.5 Å². The first-order valence-electron chi connectivity index (χ1n) is 7.86. The van der Waals surface area contributed by atoms with E-state index >= 15 is 0 Å². The van der Waals surface area contributed by atoms with E-state index in [0.717, 1.165) is 25.0 Å². The van der Waals surface area contributed by atoms with Crippen molar-refractivity contribution in [3.63, 3.8) is 0 Å².